The molecule has 92 valence electrons. The molecule has 17 heavy (non-hydrogen) atoms. The quantitative estimate of drug-likeness (QED) is 0.839. The fourth-order valence-corrected chi connectivity index (χ4v) is 3.09. The van der Waals surface area contributed by atoms with Gasteiger partial charge in [0.25, 0.3) is 0 Å². The maximum atomic E-state index is 3.58. The van der Waals surface area contributed by atoms with Crippen molar-refractivity contribution in [3.8, 4) is 0 Å². The van der Waals surface area contributed by atoms with Crippen molar-refractivity contribution in [1.29, 1.82) is 0 Å². The highest BCUT2D eigenvalue weighted by Crippen LogP contribution is 2.27. The molecule has 0 saturated carbocycles. The van der Waals surface area contributed by atoms with Gasteiger partial charge >= 0.3 is 0 Å². The second-order valence-electron chi connectivity index (χ2n) is 5.31. The molecule has 1 aliphatic heterocycles. The van der Waals surface area contributed by atoms with Gasteiger partial charge in [-0.25, -0.2) is 0 Å². The van der Waals surface area contributed by atoms with Crippen molar-refractivity contribution >= 4 is 5.69 Å². The molecule has 0 bridgehead atoms. The lowest BCUT2D eigenvalue weighted by molar-refractivity contribution is 0.447. The predicted octanol–water partition coefficient (Wildman–Crippen LogP) is 2.36. The Bertz CT molecular complexity index is 400. The molecule has 1 unspecified atom stereocenters. The maximum Gasteiger partial charge on any atom is 0.0370 e. The summed E-state index contributed by atoms with van der Waals surface area (Å²) in [5.41, 5.74) is 4.61. The minimum atomic E-state index is 0.664. The SMILES string of the molecule is CCC1CN(c2ccc3c(c2)CCC3)CCN1. The van der Waals surface area contributed by atoms with Gasteiger partial charge in [0.15, 0.2) is 0 Å². The van der Waals surface area contributed by atoms with E-state index in [4.69, 9.17) is 0 Å². The van der Waals surface area contributed by atoms with Crippen LogP contribution in [0.25, 0.3) is 0 Å². The standard InChI is InChI=1S/C15H22N2/c1-2-14-11-17(9-8-16-14)15-7-6-12-4-3-5-13(12)10-15/h6-7,10,14,16H,2-5,8-9,11H2,1H3. The zero-order valence-electron chi connectivity index (χ0n) is 10.7. The Kier molecular flexibility index (Phi) is 3.06. The van der Waals surface area contributed by atoms with Gasteiger partial charge in [0.1, 0.15) is 0 Å². The number of hydrogen-bond acceptors (Lipinski definition) is 2. The van der Waals surface area contributed by atoms with E-state index >= 15 is 0 Å². The van der Waals surface area contributed by atoms with Crippen molar-refractivity contribution in [2.24, 2.45) is 0 Å². The average molecular weight is 230 g/mol. The first-order valence-corrected chi connectivity index (χ1v) is 6.97. The van der Waals surface area contributed by atoms with Gasteiger partial charge in [-0.3, -0.25) is 0 Å². The number of anilines is 1. The predicted molar refractivity (Wildman–Crippen MR) is 72.8 cm³/mol. The number of nitrogens with zero attached hydrogens (tertiary/aromatic N) is 1. The number of fused-ring (bicyclic) bond motifs is 1. The number of hydrogen-bond donors (Lipinski definition) is 1. The first kappa shape index (κ1) is 11.1. The minimum Gasteiger partial charge on any atom is -0.369 e. The third kappa shape index (κ3) is 2.19. The van der Waals surface area contributed by atoms with Gasteiger partial charge < -0.3 is 10.2 Å². The fraction of sp³-hybridized carbons (Fsp3) is 0.600. The van der Waals surface area contributed by atoms with Gasteiger partial charge in [-0.05, 0) is 48.9 Å². The van der Waals surface area contributed by atoms with E-state index in [1.54, 1.807) is 11.1 Å². The molecule has 1 N–H and O–H groups in total. The number of rotatable bonds is 2. The summed E-state index contributed by atoms with van der Waals surface area (Å²) in [6.07, 6.45) is 5.14. The second kappa shape index (κ2) is 4.69. The number of benzene rings is 1. The molecule has 1 saturated heterocycles. The van der Waals surface area contributed by atoms with E-state index in [-0.39, 0.29) is 0 Å². The highest BCUT2D eigenvalue weighted by Gasteiger charge is 2.19. The molecular formula is C15H22N2. The monoisotopic (exact) mass is 230 g/mol. The van der Waals surface area contributed by atoms with Crippen LogP contribution in [0, 0.1) is 0 Å². The minimum absolute atomic E-state index is 0.664. The molecule has 1 fully saturated rings. The van der Waals surface area contributed by atoms with Crippen LogP contribution in [0.4, 0.5) is 5.69 Å². The molecule has 0 amide bonds. The topological polar surface area (TPSA) is 15.3 Å². The molecule has 0 spiro atoms. The largest absolute Gasteiger partial charge is 0.369 e. The zero-order valence-corrected chi connectivity index (χ0v) is 10.7. The Hall–Kier alpha value is -1.02. The van der Waals surface area contributed by atoms with Crippen molar-refractivity contribution in [3.63, 3.8) is 0 Å². The first-order chi connectivity index (χ1) is 8.36. The molecule has 1 atom stereocenters. The van der Waals surface area contributed by atoms with E-state index in [1.807, 2.05) is 0 Å². The Balaban J connectivity index is 1.79. The van der Waals surface area contributed by atoms with Crippen LogP contribution in [0.15, 0.2) is 18.2 Å². The van der Waals surface area contributed by atoms with Gasteiger partial charge in [-0.1, -0.05) is 13.0 Å². The second-order valence-corrected chi connectivity index (χ2v) is 5.31. The molecule has 1 aromatic carbocycles. The Morgan fingerprint density at radius 2 is 2.18 bits per heavy atom. The first-order valence-electron chi connectivity index (χ1n) is 6.97. The lowest BCUT2D eigenvalue weighted by atomic mass is 10.1. The van der Waals surface area contributed by atoms with E-state index in [0.717, 1.165) is 19.6 Å². The normalized spacial score (nSPS) is 23.8. The fourth-order valence-electron chi connectivity index (χ4n) is 3.09. The van der Waals surface area contributed by atoms with Gasteiger partial charge in [-0.2, -0.15) is 0 Å². The molecule has 0 aromatic heterocycles. The van der Waals surface area contributed by atoms with E-state index in [1.165, 1.54) is 31.4 Å². The van der Waals surface area contributed by atoms with E-state index in [0.29, 0.717) is 6.04 Å². The Morgan fingerprint density at radius 1 is 1.29 bits per heavy atom. The molecule has 0 radical (unpaired) electrons. The third-order valence-corrected chi connectivity index (χ3v) is 4.20. The summed E-state index contributed by atoms with van der Waals surface area (Å²) in [4.78, 5) is 2.54. The highest BCUT2D eigenvalue weighted by atomic mass is 15.2. The van der Waals surface area contributed by atoms with E-state index in [9.17, 15) is 0 Å². The number of aryl methyl sites for hydroxylation is 2. The molecule has 2 nitrogen and oxygen atoms in total. The Labute approximate surface area is 104 Å². The lowest BCUT2D eigenvalue weighted by Gasteiger charge is -2.35. The van der Waals surface area contributed by atoms with Gasteiger partial charge in [0, 0.05) is 31.4 Å². The zero-order chi connectivity index (χ0) is 11.7. The lowest BCUT2D eigenvalue weighted by Crippen LogP contribution is -2.50. The molecular weight excluding hydrogens is 208 g/mol. The van der Waals surface area contributed by atoms with Crippen LogP contribution < -0.4 is 10.2 Å². The molecule has 1 aromatic rings. The van der Waals surface area contributed by atoms with Crippen molar-refractivity contribution in [2.75, 3.05) is 24.5 Å². The maximum absolute atomic E-state index is 3.58. The summed E-state index contributed by atoms with van der Waals surface area (Å²) in [6, 6.07) is 7.76. The van der Waals surface area contributed by atoms with Crippen LogP contribution in [0.1, 0.15) is 30.9 Å². The van der Waals surface area contributed by atoms with E-state index < -0.39 is 0 Å². The number of nitrogens with one attached hydrogen (secondary N) is 1. The van der Waals surface area contributed by atoms with Crippen molar-refractivity contribution in [1.82, 2.24) is 5.32 Å². The van der Waals surface area contributed by atoms with Crippen molar-refractivity contribution < 1.29 is 0 Å². The third-order valence-electron chi connectivity index (χ3n) is 4.20. The van der Waals surface area contributed by atoms with E-state index in [2.05, 4.69) is 35.3 Å². The molecule has 1 heterocycles. The summed E-state index contributed by atoms with van der Waals surface area (Å²) < 4.78 is 0. The van der Waals surface area contributed by atoms with Crippen LogP contribution in [0.2, 0.25) is 0 Å². The summed E-state index contributed by atoms with van der Waals surface area (Å²) in [5.74, 6) is 0. The van der Waals surface area contributed by atoms with Gasteiger partial charge in [-0.15, -0.1) is 0 Å². The average Bonchev–Trinajstić information content (AvgIpc) is 2.86. The summed E-state index contributed by atoms with van der Waals surface area (Å²) >= 11 is 0. The summed E-state index contributed by atoms with van der Waals surface area (Å²) in [6.45, 7) is 5.70. The smallest absolute Gasteiger partial charge is 0.0370 e. The molecule has 1 aliphatic carbocycles. The van der Waals surface area contributed by atoms with Gasteiger partial charge in [0.2, 0.25) is 0 Å². The van der Waals surface area contributed by atoms with Crippen molar-refractivity contribution in [3.05, 3.63) is 29.3 Å². The Morgan fingerprint density at radius 3 is 3.06 bits per heavy atom. The van der Waals surface area contributed by atoms with Gasteiger partial charge in [0.05, 0.1) is 0 Å². The van der Waals surface area contributed by atoms with Crippen molar-refractivity contribution in [2.45, 2.75) is 38.6 Å². The number of piperazine rings is 1. The molecule has 2 heteroatoms. The van der Waals surface area contributed by atoms with Crippen LogP contribution in [0.5, 0.6) is 0 Å². The summed E-state index contributed by atoms with van der Waals surface area (Å²) in [7, 11) is 0. The highest BCUT2D eigenvalue weighted by molar-refractivity contribution is 5.52. The van der Waals surface area contributed by atoms with Crippen LogP contribution >= 0.6 is 0 Å². The molecule has 2 aliphatic rings. The van der Waals surface area contributed by atoms with Crippen LogP contribution in [-0.2, 0) is 12.8 Å². The van der Waals surface area contributed by atoms with Crippen LogP contribution in [-0.4, -0.2) is 25.7 Å². The van der Waals surface area contributed by atoms with Crippen LogP contribution in [0.3, 0.4) is 0 Å². The summed E-state index contributed by atoms with van der Waals surface area (Å²) in [5, 5.41) is 3.58. The molecule has 3 rings (SSSR count).